The van der Waals surface area contributed by atoms with E-state index < -0.39 is 0 Å². The second kappa shape index (κ2) is 5.69. The van der Waals surface area contributed by atoms with Crippen molar-refractivity contribution < 1.29 is 9.53 Å². The van der Waals surface area contributed by atoms with Crippen LogP contribution in [0.25, 0.3) is 0 Å². The van der Waals surface area contributed by atoms with Crippen LogP contribution in [0.2, 0.25) is 0 Å². The Labute approximate surface area is 118 Å². The molecule has 0 aliphatic heterocycles. The third-order valence-electron chi connectivity index (χ3n) is 3.38. The first kappa shape index (κ1) is 14.0. The van der Waals surface area contributed by atoms with E-state index in [9.17, 15) is 4.79 Å². The first-order valence-corrected chi connectivity index (χ1v) is 6.36. The predicted octanol–water partition coefficient (Wildman–Crippen LogP) is 1.85. The second-order valence-electron chi connectivity index (χ2n) is 4.67. The lowest BCUT2D eigenvalue weighted by Crippen LogP contribution is -2.24. The minimum atomic E-state index is -0.180. The van der Waals surface area contributed by atoms with Gasteiger partial charge in [0.15, 0.2) is 0 Å². The van der Waals surface area contributed by atoms with Crippen molar-refractivity contribution in [3.63, 3.8) is 0 Å². The lowest BCUT2D eigenvalue weighted by Gasteiger charge is -2.11. The molecule has 1 amide bonds. The number of nitrogen functional groups attached to an aromatic ring is 1. The van der Waals surface area contributed by atoms with Crippen LogP contribution in [0.1, 0.15) is 21.7 Å². The highest BCUT2D eigenvalue weighted by atomic mass is 16.5. The smallest absolute Gasteiger partial charge is 0.255 e. The van der Waals surface area contributed by atoms with Crippen LogP contribution in [-0.4, -0.2) is 17.6 Å². The number of nitrogens with one attached hydrogen (secondary N) is 1. The van der Waals surface area contributed by atoms with Crippen molar-refractivity contribution >= 4 is 11.6 Å². The van der Waals surface area contributed by atoms with Crippen LogP contribution in [0.4, 0.5) is 5.69 Å². The van der Waals surface area contributed by atoms with E-state index in [4.69, 9.17) is 10.5 Å². The third-order valence-corrected chi connectivity index (χ3v) is 3.38. The lowest BCUT2D eigenvalue weighted by atomic mass is 10.1. The molecule has 0 spiro atoms. The van der Waals surface area contributed by atoms with Crippen molar-refractivity contribution in [2.45, 2.75) is 13.5 Å². The maximum Gasteiger partial charge on any atom is 0.255 e. The monoisotopic (exact) mass is 273 g/mol. The van der Waals surface area contributed by atoms with Crippen molar-refractivity contribution in [2.24, 2.45) is 7.05 Å². The van der Waals surface area contributed by atoms with E-state index in [-0.39, 0.29) is 5.91 Å². The number of nitrogens with two attached hydrogens (primary N) is 1. The van der Waals surface area contributed by atoms with Gasteiger partial charge in [-0.1, -0.05) is 0 Å². The van der Waals surface area contributed by atoms with E-state index in [0.717, 1.165) is 11.4 Å². The highest BCUT2D eigenvalue weighted by Gasteiger charge is 2.12. The summed E-state index contributed by atoms with van der Waals surface area (Å²) in [4.78, 5) is 12.2. The van der Waals surface area contributed by atoms with Crippen molar-refractivity contribution in [1.29, 1.82) is 0 Å². The molecule has 0 saturated heterocycles. The molecule has 3 N–H and O–H groups in total. The second-order valence-corrected chi connectivity index (χ2v) is 4.67. The van der Waals surface area contributed by atoms with Crippen LogP contribution >= 0.6 is 0 Å². The Balaban J connectivity index is 2.11. The summed E-state index contributed by atoms with van der Waals surface area (Å²) >= 11 is 0. The average Bonchev–Trinajstić information content (AvgIpc) is 2.76. The molecule has 2 aromatic rings. The molecule has 0 radical (unpaired) electrons. The Morgan fingerprint density at radius 1 is 1.35 bits per heavy atom. The summed E-state index contributed by atoms with van der Waals surface area (Å²) in [7, 11) is 3.49. The van der Waals surface area contributed by atoms with Crippen LogP contribution in [-0.2, 0) is 13.6 Å². The molecule has 1 heterocycles. The number of ether oxygens (including phenoxy) is 1. The number of benzene rings is 1. The number of rotatable bonds is 4. The SMILES string of the molecule is COc1cc(N)ccc1C(=O)NCc1ccc(C)n1C. The van der Waals surface area contributed by atoms with E-state index in [2.05, 4.69) is 5.32 Å². The van der Waals surface area contributed by atoms with Crippen molar-refractivity contribution in [2.75, 3.05) is 12.8 Å². The molecule has 0 unspecified atom stereocenters. The van der Waals surface area contributed by atoms with Crippen LogP contribution in [0.15, 0.2) is 30.3 Å². The molecule has 2 rings (SSSR count). The molecule has 0 bridgehead atoms. The fraction of sp³-hybridized carbons (Fsp3) is 0.267. The number of aromatic nitrogens is 1. The van der Waals surface area contributed by atoms with E-state index in [1.807, 2.05) is 30.7 Å². The van der Waals surface area contributed by atoms with E-state index in [1.165, 1.54) is 7.11 Å². The fourth-order valence-corrected chi connectivity index (χ4v) is 2.01. The lowest BCUT2D eigenvalue weighted by molar-refractivity contribution is 0.0947. The Bertz CT molecular complexity index is 632. The highest BCUT2D eigenvalue weighted by molar-refractivity contribution is 5.97. The topological polar surface area (TPSA) is 69.3 Å². The molecule has 0 fully saturated rings. The summed E-state index contributed by atoms with van der Waals surface area (Å²) in [5.74, 6) is 0.297. The number of aryl methyl sites for hydroxylation is 1. The number of anilines is 1. The summed E-state index contributed by atoms with van der Waals surface area (Å²) in [5.41, 5.74) is 8.92. The zero-order valence-corrected chi connectivity index (χ0v) is 11.9. The van der Waals surface area contributed by atoms with Crippen LogP contribution in [0.3, 0.4) is 0 Å². The number of amides is 1. The van der Waals surface area contributed by atoms with Crippen LogP contribution < -0.4 is 15.8 Å². The predicted molar refractivity (Wildman–Crippen MR) is 78.7 cm³/mol. The van der Waals surface area contributed by atoms with Gasteiger partial charge in [-0.2, -0.15) is 0 Å². The van der Waals surface area contributed by atoms with E-state index in [0.29, 0.717) is 23.5 Å². The Kier molecular flexibility index (Phi) is 3.98. The molecule has 0 aliphatic carbocycles. The number of nitrogens with zero attached hydrogens (tertiary/aromatic N) is 1. The first-order valence-electron chi connectivity index (χ1n) is 6.36. The third kappa shape index (κ3) is 2.77. The standard InChI is InChI=1S/C15H19N3O2/c1-10-4-6-12(18(10)2)9-17-15(19)13-7-5-11(16)8-14(13)20-3/h4-8H,9,16H2,1-3H3,(H,17,19). The van der Waals surface area contributed by atoms with E-state index >= 15 is 0 Å². The number of methoxy groups -OCH3 is 1. The molecule has 20 heavy (non-hydrogen) atoms. The van der Waals surface area contributed by atoms with Gasteiger partial charge >= 0.3 is 0 Å². The van der Waals surface area contributed by atoms with Gasteiger partial charge in [0, 0.05) is 30.2 Å². The number of carbonyl (C=O) groups is 1. The molecule has 0 atom stereocenters. The molecular formula is C15H19N3O2. The van der Waals surface area contributed by atoms with Crippen molar-refractivity contribution in [3.8, 4) is 5.75 Å². The van der Waals surface area contributed by atoms with Gasteiger partial charge in [-0.25, -0.2) is 0 Å². The van der Waals surface area contributed by atoms with Crippen LogP contribution in [0, 0.1) is 6.92 Å². The van der Waals surface area contributed by atoms with Gasteiger partial charge in [0.2, 0.25) is 0 Å². The molecule has 5 heteroatoms. The Morgan fingerprint density at radius 3 is 2.70 bits per heavy atom. The van der Waals surface area contributed by atoms with Gasteiger partial charge in [-0.3, -0.25) is 4.79 Å². The van der Waals surface area contributed by atoms with Gasteiger partial charge < -0.3 is 20.4 Å². The summed E-state index contributed by atoms with van der Waals surface area (Å²) in [5, 5.41) is 2.88. The number of hydrogen-bond donors (Lipinski definition) is 2. The largest absolute Gasteiger partial charge is 0.496 e. The number of hydrogen-bond acceptors (Lipinski definition) is 3. The minimum Gasteiger partial charge on any atom is -0.496 e. The van der Waals surface area contributed by atoms with Gasteiger partial charge in [-0.15, -0.1) is 0 Å². The molecular weight excluding hydrogens is 254 g/mol. The zero-order valence-electron chi connectivity index (χ0n) is 11.9. The maximum atomic E-state index is 12.2. The van der Waals surface area contributed by atoms with Gasteiger partial charge in [0.05, 0.1) is 19.2 Å². The van der Waals surface area contributed by atoms with E-state index in [1.54, 1.807) is 18.2 Å². The first-order chi connectivity index (χ1) is 9.52. The molecule has 106 valence electrons. The maximum absolute atomic E-state index is 12.2. The fourth-order valence-electron chi connectivity index (χ4n) is 2.01. The summed E-state index contributed by atoms with van der Waals surface area (Å²) < 4.78 is 7.22. The Morgan fingerprint density at radius 2 is 2.10 bits per heavy atom. The average molecular weight is 273 g/mol. The summed E-state index contributed by atoms with van der Waals surface area (Å²) in [6.07, 6.45) is 0. The minimum absolute atomic E-state index is 0.180. The van der Waals surface area contributed by atoms with Gasteiger partial charge in [-0.05, 0) is 31.2 Å². The van der Waals surface area contributed by atoms with Crippen LogP contribution in [0.5, 0.6) is 5.75 Å². The zero-order chi connectivity index (χ0) is 14.7. The summed E-state index contributed by atoms with van der Waals surface area (Å²) in [6.45, 7) is 2.49. The summed E-state index contributed by atoms with van der Waals surface area (Å²) in [6, 6.07) is 9.01. The molecule has 1 aromatic heterocycles. The normalized spacial score (nSPS) is 10.3. The van der Waals surface area contributed by atoms with Gasteiger partial charge in [0.1, 0.15) is 5.75 Å². The number of carbonyl (C=O) groups excluding carboxylic acids is 1. The molecule has 1 aromatic carbocycles. The molecule has 0 saturated carbocycles. The Hall–Kier alpha value is -2.43. The molecule has 0 aliphatic rings. The van der Waals surface area contributed by atoms with Gasteiger partial charge in [0.25, 0.3) is 5.91 Å². The van der Waals surface area contributed by atoms with Crippen molar-refractivity contribution in [3.05, 3.63) is 47.3 Å². The van der Waals surface area contributed by atoms with Crippen molar-refractivity contribution in [1.82, 2.24) is 9.88 Å². The quantitative estimate of drug-likeness (QED) is 0.835. The highest BCUT2D eigenvalue weighted by Crippen LogP contribution is 2.21. The molecule has 5 nitrogen and oxygen atoms in total.